The Morgan fingerprint density at radius 3 is 2.89 bits per heavy atom. The zero-order valence-corrected chi connectivity index (χ0v) is 10.0. The SMILES string of the molecule is NC(=O)c1ccc2c(c1)ncn2C1CCOCC1. The molecule has 2 N–H and O–H groups in total. The lowest BCUT2D eigenvalue weighted by Gasteiger charge is -2.23. The number of nitrogens with two attached hydrogens (primary N) is 1. The van der Waals surface area contributed by atoms with Gasteiger partial charge < -0.3 is 15.0 Å². The molecule has 2 aromatic rings. The van der Waals surface area contributed by atoms with E-state index in [2.05, 4.69) is 9.55 Å². The fourth-order valence-electron chi connectivity index (χ4n) is 2.44. The highest BCUT2D eigenvalue weighted by molar-refractivity contribution is 5.96. The first-order valence-corrected chi connectivity index (χ1v) is 6.10. The second kappa shape index (κ2) is 4.42. The number of carbonyl (C=O) groups is 1. The standard InChI is InChI=1S/C13H15N3O2/c14-13(17)9-1-2-12-11(7-9)15-8-16(12)10-3-5-18-6-4-10/h1-2,7-8,10H,3-6H2,(H2,14,17). The maximum atomic E-state index is 11.1. The van der Waals surface area contributed by atoms with Crippen LogP contribution in [0.4, 0.5) is 0 Å². The minimum absolute atomic E-state index is 0.419. The summed E-state index contributed by atoms with van der Waals surface area (Å²) in [5, 5.41) is 0. The Kier molecular flexibility index (Phi) is 2.76. The highest BCUT2D eigenvalue weighted by Crippen LogP contribution is 2.25. The summed E-state index contributed by atoms with van der Waals surface area (Å²) in [6.45, 7) is 1.59. The van der Waals surface area contributed by atoms with Crippen LogP contribution in [0.2, 0.25) is 0 Å². The zero-order valence-electron chi connectivity index (χ0n) is 10.0. The zero-order chi connectivity index (χ0) is 12.5. The van der Waals surface area contributed by atoms with Crippen LogP contribution in [0.25, 0.3) is 11.0 Å². The quantitative estimate of drug-likeness (QED) is 0.871. The Bertz CT molecular complexity index is 585. The van der Waals surface area contributed by atoms with Crippen molar-refractivity contribution >= 4 is 16.9 Å². The van der Waals surface area contributed by atoms with Crippen molar-refractivity contribution in [3.05, 3.63) is 30.1 Å². The van der Waals surface area contributed by atoms with Crippen LogP contribution in [-0.4, -0.2) is 28.7 Å². The van der Waals surface area contributed by atoms with E-state index < -0.39 is 5.91 Å². The highest BCUT2D eigenvalue weighted by atomic mass is 16.5. The molecule has 18 heavy (non-hydrogen) atoms. The monoisotopic (exact) mass is 245 g/mol. The number of primary amides is 1. The predicted molar refractivity (Wildman–Crippen MR) is 67.3 cm³/mol. The van der Waals surface area contributed by atoms with Crippen molar-refractivity contribution in [1.29, 1.82) is 0 Å². The third kappa shape index (κ3) is 1.86. The number of hydrogen-bond acceptors (Lipinski definition) is 3. The van der Waals surface area contributed by atoms with Gasteiger partial charge in [-0.05, 0) is 31.0 Å². The number of aromatic nitrogens is 2. The lowest BCUT2D eigenvalue weighted by atomic mass is 10.1. The molecule has 0 saturated carbocycles. The number of nitrogens with zero attached hydrogens (tertiary/aromatic N) is 2. The molecule has 0 atom stereocenters. The number of hydrogen-bond donors (Lipinski definition) is 1. The van der Waals surface area contributed by atoms with Gasteiger partial charge in [0.05, 0.1) is 17.4 Å². The lowest BCUT2D eigenvalue weighted by molar-refractivity contribution is 0.0706. The van der Waals surface area contributed by atoms with Gasteiger partial charge in [-0.25, -0.2) is 4.98 Å². The van der Waals surface area contributed by atoms with Gasteiger partial charge in [0.25, 0.3) is 0 Å². The molecule has 3 rings (SSSR count). The summed E-state index contributed by atoms with van der Waals surface area (Å²) < 4.78 is 7.53. The van der Waals surface area contributed by atoms with Gasteiger partial charge in [-0.3, -0.25) is 4.79 Å². The number of ether oxygens (including phenoxy) is 1. The van der Waals surface area contributed by atoms with Crippen molar-refractivity contribution in [2.75, 3.05) is 13.2 Å². The molecule has 1 saturated heterocycles. The molecule has 1 fully saturated rings. The number of imidazole rings is 1. The van der Waals surface area contributed by atoms with Gasteiger partial charge in [0, 0.05) is 24.8 Å². The fraction of sp³-hybridized carbons (Fsp3) is 0.385. The first-order valence-electron chi connectivity index (χ1n) is 6.10. The summed E-state index contributed by atoms with van der Waals surface area (Å²) in [6, 6.07) is 5.84. The molecule has 5 heteroatoms. The van der Waals surface area contributed by atoms with E-state index in [1.165, 1.54) is 0 Å². The molecule has 0 aliphatic carbocycles. The van der Waals surface area contributed by atoms with E-state index in [1.54, 1.807) is 12.1 Å². The molecule has 94 valence electrons. The van der Waals surface area contributed by atoms with E-state index in [1.807, 2.05) is 12.4 Å². The lowest BCUT2D eigenvalue weighted by Crippen LogP contribution is -2.19. The topological polar surface area (TPSA) is 70.1 Å². The van der Waals surface area contributed by atoms with E-state index in [0.29, 0.717) is 11.6 Å². The van der Waals surface area contributed by atoms with E-state index in [9.17, 15) is 4.79 Å². The minimum atomic E-state index is -0.419. The van der Waals surface area contributed by atoms with Crippen LogP contribution in [0.5, 0.6) is 0 Å². The summed E-state index contributed by atoms with van der Waals surface area (Å²) >= 11 is 0. The molecule has 2 heterocycles. The van der Waals surface area contributed by atoms with Crippen LogP contribution in [0, 0.1) is 0 Å². The Labute approximate surface area is 105 Å². The van der Waals surface area contributed by atoms with Crippen molar-refractivity contribution in [2.45, 2.75) is 18.9 Å². The van der Waals surface area contributed by atoms with E-state index in [-0.39, 0.29) is 0 Å². The largest absolute Gasteiger partial charge is 0.381 e. The van der Waals surface area contributed by atoms with Crippen LogP contribution >= 0.6 is 0 Å². The molecule has 0 unspecified atom stereocenters. The van der Waals surface area contributed by atoms with E-state index in [4.69, 9.17) is 10.5 Å². The summed E-state index contributed by atoms with van der Waals surface area (Å²) in [5.41, 5.74) is 7.63. The third-order valence-corrected chi connectivity index (χ3v) is 3.44. The molecule has 1 amide bonds. The normalized spacial score (nSPS) is 17.1. The molecule has 1 aliphatic rings. The number of benzene rings is 1. The summed E-state index contributed by atoms with van der Waals surface area (Å²) in [7, 11) is 0. The molecule has 1 aliphatic heterocycles. The minimum Gasteiger partial charge on any atom is -0.381 e. The summed E-state index contributed by atoms with van der Waals surface area (Å²) in [4.78, 5) is 15.5. The number of fused-ring (bicyclic) bond motifs is 1. The van der Waals surface area contributed by atoms with Crippen molar-refractivity contribution in [1.82, 2.24) is 9.55 Å². The van der Waals surface area contributed by atoms with Gasteiger partial charge in [0.2, 0.25) is 5.91 Å². The van der Waals surface area contributed by atoms with Gasteiger partial charge >= 0.3 is 0 Å². The maximum absolute atomic E-state index is 11.1. The maximum Gasteiger partial charge on any atom is 0.248 e. The predicted octanol–water partition coefficient (Wildman–Crippen LogP) is 1.49. The Morgan fingerprint density at radius 2 is 2.17 bits per heavy atom. The van der Waals surface area contributed by atoms with E-state index in [0.717, 1.165) is 37.1 Å². The third-order valence-electron chi connectivity index (χ3n) is 3.44. The molecule has 1 aromatic heterocycles. The molecule has 5 nitrogen and oxygen atoms in total. The highest BCUT2D eigenvalue weighted by Gasteiger charge is 2.17. The Balaban J connectivity index is 2.01. The van der Waals surface area contributed by atoms with Crippen molar-refractivity contribution in [3.8, 4) is 0 Å². The molecule has 0 bridgehead atoms. The van der Waals surface area contributed by atoms with Crippen LogP contribution in [0.1, 0.15) is 29.2 Å². The van der Waals surface area contributed by atoms with Crippen LogP contribution in [0.15, 0.2) is 24.5 Å². The average Bonchev–Trinajstić information content (AvgIpc) is 2.82. The smallest absolute Gasteiger partial charge is 0.248 e. The van der Waals surface area contributed by atoms with Gasteiger partial charge in [0.15, 0.2) is 0 Å². The van der Waals surface area contributed by atoms with Crippen LogP contribution in [-0.2, 0) is 4.74 Å². The van der Waals surface area contributed by atoms with Crippen molar-refractivity contribution < 1.29 is 9.53 Å². The van der Waals surface area contributed by atoms with Crippen LogP contribution in [0.3, 0.4) is 0 Å². The number of rotatable bonds is 2. The van der Waals surface area contributed by atoms with Gasteiger partial charge in [-0.15, -0.1) is 0 Å². The van der Waals surface area contributed by atoms with E-state index >= 15 is 0 Å². The second-order valence-electron chi connectivity index (χ2n) is 4.56. The molecular weight excluding hydrogens is 230 g/mol. The first-order chi connectivity index (χ1) is 8.75. The second-order valence-corrected chi connectivity index (χ2v) is 4.56. The Hall–Kier alpha value is -1.88. The van der Waals surface area contributed by atoms with Crippen LogP contribution < -0.4 is 5.73 Å². The summed E-state index contributed by atoms with van der Waals surface area (Å²) in [6.07, 6.45) is 3.84. The Morgan fingerprint density at radius 1 is 1.39 bits per heavy atom. The van der Waals surface area contributed by atoms with Crippen molar-refractivity contribution in [3.63, 3.8) is 0 Å². The molecule has 0 spiro atoms. The average molecular weight is 245 g/mol. The first kappa shape index (κ1) is 11.2. The molecular formula is C13H15N3O2. The van der Waals surface area contributed by atoms with Gasteiger partial charge in [-0.1, -0.05) is 0 Å². The fourth-order valence-corrected chi connectivity index (χ4v) is 2.44. The molecule has 0 radical (unpaired) electrons. The number of carbonyl (C=O) groups excluding carboxylic acids is 1. The summed E-state index contributed by atoms with van der Waals surface area (Å²) in [5.74, 6) is -0.419. The van der Waals surface area contributed by atoms with Crippen molar-refractivity contribution in [2.24, 2.45) is 5.73 Å². The number of amides is 1. The molecule has 1 aromatic carbocycles. The van der Waals surface area contributed by atoms with Gasteiger partial charge in [-0.2, -0.15) is 0 Å². The van der Waals surface area contributed by atoms with Gasteiger partial charge in [0.1, 0.15) is 0 Å².